The Morgan fingerprint density at radius 2 is 2.13 bits per heavy atom. The molecule has 1 amide bonds. The number of rotatable bonds is 6. The van der Waals surface area contributed by atoms with Crippen LogP contribution in [0.3, 0.4) is 0 Å². The second-order valence-electron chi connectivity index (χ2n) is 5.58. The second kappa shape index (κ2) is 7.54. The summed E-state index contributed by atoms with van der Waals surface area (Å²) in [4.78, 5) is 20.5. The third-order valence-electron chi connectivity index (χ3n) is 3.46. The summed E-state index contributed by atoms with van der Waals surface area (Å²) < 4.78 is 0. The SMILES string of the molecule is C=CCNC(=O)c1ccnc(Nc2c(C)cccc2C(C)C)n1. The van der Waals surface area contributed by atoms with E-state index in [9.17, 15) is 4.79 Å². The Balaban J connectivity index is 2.28. The van der Waals surface area contributed by atoms with Crippen LogP contribution in [0.15, 0.2) is 43.1 Å². The summed E-state index contributed by atoms with van der Waals surface area (Å²) >= 11 is 0. The minimum atomic E-state index is -0.246. The van der Waals surface area contributed by atoms with E-state index in [2.05, 4.69) is 47.1 Å². The van der Waals surface area contributed by atoms with Gasteiger partial charge in [0.2, 0.25) is 5.95 Å². The van der Waals surface area contributed by atoms with E-state index in [1.807, 2.05) is 19.1 Å². The van der Waals surface area contributed by atoms with Gasteiger partial charge in [-0.3, -0.25) is 4.79 Å². The monoisotopic (exact) mass is 310 g/mol. The van der Waals surface area contributed by atoms with Gasteiger partial charge in [-0.05, 0) is 30.0 Å². The van der Waals surface area contributed by atoms with Crippen molar-refractivity contribution < 1.29 is 4.79 Å². The molecular formula is C18H22N4O. The van der Waals surface area contributed by atoms with Crippen molar-refractivity contribution in [3.63, 3.8) is 0 Å². The molecule has 5 heteroatoms. The molecular weight excluding hydrogens is 288 g/mol. The van der Waals surface area contributed by atoms with Gasteiger partial charge >= 0.3 is 0 Å². The van der Waals surface area contributed by atoms with Gasteiger partial charge in [-0.15, -0.1) is 6.58 Å². The summed E-state index contributed by atoms with van der Waals surface area (Å²) in [7, 11) is 0. The number of hydrogen-bond acceptors (Lipinski definition) is 4. The second-order valence-corrected chi connectivity index (χ2v) is 5.58. The molecule has 0 saturated heterocycles. The lowest BCUT2D eigenvalue weighted by molar-refractivity contribution is 0.0953. The number of nitrogens with one attached hydrogen (secondary N) is 2. The number of aromatic nitrogens is 2. The molecule has 0 unspecified atom stereocenters. The van der Waals surface area contributed by atoms with Gasteiger partial charge in [0.1, 0.15) is 5.69 Å². The predicted octanol–water partition coefficient (Wildman–Crippen LogP) is 3.57. The van der Waals surface area contributed by atoms with Gasteiger partial charge in [-0.2, -0.15) is 0 Å². The number of hydrogen-bond donors (Lipinski definition) is 2. The quantitative estimate of drug-likeness (QED) is 0.801. The van der Waals surface area contributed by atoms with Crippen LogP contribution in [0.5, 0.6) is 0 Å². The standard InChI is InChI=1S/C18H22N4O/c1-5-10-19-17(23)15-9-11-20-18(21-15)22-16-13(4)7-6-8-14(16)12(2)3/h5-9,11-12H,1,10H2,2-4H3,(H,19,23)(H,20,21,22). The highest BCUT2D eigenvalue weighted by Crippen LogP contribution is 2.29. The zero-order valence-electron chi connectivity index (χ0n) is 13.8. The first-order valence-corrected chi connectivity index (χ1v) is 7.61. The van der Waals surface area contributed by atoms with Gasteiger partial charge in [0.15, 0.2) is 0 Å². The van der Waals surface area contributed by atoms with E-state index < -0.39 is 0 Å². The maximum Gasteiger partial charge on any atom is 0.270 e. The van der Waals surface area contributed by atoms with E-state index in [-0.39, 0.29) is 5.91 Å². The van der Waals surface area contributed by atoms with Crippen molar-refractivity contribution in [2.45, 2.75) is 26.7 Å². The van der Waals surface area contributed by atoms with E-state index in [1.54, 1.807) is 18.3 Å². The van der Waals surface area contributed by atoms with Gasteiger partial charge in [0.05, 0.1) is 0 Å². The Hall–Kier alpha value is -2.69. The number of amides is 1. The highest BCUT2D eigenvalue weighted by molar-refractivity contribution is 5.92. The smallest absolute Gasteiger partial charge is 0.270 e. The van der Waals surface area contributed by atoms with Gasteiger partial charge in [-0.25, -0.2) is 9.97 Å². The molecule has 0 saturated carbocycles. The van der Waals surface area contributed by atoms with Crippen molar-refractivity contribution in [1.29, 1.82) is 0 Å². The van der Waals surface area contributed by atoms with Crippen molar-refractivity contribution >= 4 is 17.5 Å². The molecule has 2 aromatic rings. The molecule has 2 N–H and O–H groups in total. The molecule has 0 aliphatic heterocycles. The Kier molecular flexibility index (Phi) is 5.46. The lowest BCUT2D eigenvalue weighted by Crippen LogP contribution is -2.24. The minimum absolute atomic E-state index is 0.246. The number of carbonyl (C=O) groups is 1. The van der Waals surface area contributed by atoms with E-state index in [0.717, 1.165) is 11.3 Å². The first kappa shape index (κ1) is 16.7. The molecule has 2 rings (SSSR count). The Labute approximate surface area is 136 Å². The van der Waals surface area contributed by atoms with E-state index in [0.29, 0.717) is 24.1 Å². The molecule has 0 spiro atoms. The predicted molar refractivity (Wildman–Crippen MR) is 93.1 cm³/mol. The van der Waals surface area contributed by atoms with Crippen molar-refractivity contribution in [3.05, 3.63) is 59.9 Å². The Bertz CT molecular complexity index is 710. The van der Waals surface area contributed by atoms with Crippen LogP contribution >= 0.6 is 0 Å². The third-order valence-corrected chi connectivity index (χ3v) is 3.46. The third kappa shape index (κ3) is 4.16. The Morgan fingerprint density at radius 1 is 1.35 bits per heavy atom. The maximum atomic E-state index is 12.0. The van der Waals surface area contributed by atoms with Crippen LogP contribution in [0.25, 0.3) is 0 Å². The summed E-state index contributed by atoms with van der Waals surface area (Å²) in [5.41, 5.74) is 3.62. The number of anilines is 2. The lowest BCUT2D eigenvalue weighted by Gasteiger charge is -2.16. The summed E-state index contributed by atoms with van der Waals surface area (Å²) in [5.74, 6) is 0.535. The number of para-hydroxylation sites is 1. The van der Waals surface area contributed by atoms with Crippen molar-refractivity contribution in [1.82, 2.24) is 15.3 Å². The van der Waals surface area contributed by atoms with Gasteiger partial charge in [0.25, 0.3) is 5.91 Å². The van der Waals surface area contributed by atoms with Gasteiger partial charge < -0.3 is 10.6 Å². The summed E-state index contributed by atoms with van der Waals surface area (Å²) in [6.07, 6.45) is 3.20. The van der Waals surface area contributed by atoms with Gasteiger partial charge in [0, 0.05) is 18.4 Å². The van der Waals surface area contributed by atoms with E-state index in [4.69, 9.17) is 0 Å². The van der Waals surface area contributed by atoms with Crippen LogP contribution in [0.1, 0.15) is 41.4 Å². The molecule has 0 bridgehead atoms. The molecule has 1 aromatic carbocycles. The fourth-order valence-corrected chi connectivity index (χ4v) is 2.25. The zero-order valence-corrected chi connectivity index (χ0v) is 13.8. The zero-order chi connectivity index (χ0) is 16.8. The van der Waals surface area contributed by atoms with Crippen molar-refractivity contribution in [2.24, 2.45) is 0 Å². The summed E-state index contributed by atoms with van der Waals surface area (Å²) in [5, 5.41) is 5.96. The molecule has 120 valence electrons. The number of aryl methyl sites for hydroxylation is 1. The fraction of sp³-hybridized carbons (Fsp3) is 0.278. The van der Waals surface area contributed by atoms with Crippen LogP contribution in [0.4, 0.5) is 11.6 Å². The molecule has 0 aliphatic carbocycles. The van der Waals surface area contributed by atoms with Crippen LogP contribution in [0.2, 0.25) is 0 Å². The summed E-state index contributed by atoms with van der Waals surface area (Å²) in [6, 6.07) is 7.75. The van der Waals surface area contributed by atoms with Crippen molar-refractivity contribution in [2.75, 3.05) is 11.9 Å². The molecule has 0 atom stereocenters. The number of benzene rings is 1. The number of nitrogens with zero attached hydrogens (tertiary/aromatic N) is 2. The normalized spacial score (nSPS) is 10.4. The van der Waals surface area contributed by atoms with Gasteiger partial charge in [-0.1, -0.05) is 38.1 Å². The Morgan fingerprint density at radius 3 is 2.83 bits per heavy atom. The molecule has 0 radical (unpaired) electrons. The average molecular weight is 310 g/mol. The van der Waals surface area contributed by atoms with E-state index in [1.165, 1.54) is 5.56 Å². The van der Waals surface area contributed by atoms with Crippen LogP contribution < -0.4 is 10.6 Å². The lowest BCUT2D eigenvalue weighted by atomic mass is 9.98. The maximum absolute atomic E-state index is 12.0. The summed E-state index contributed by atoms with van der Waals surface area (Å²) in [6.45, 7) is 10.3. The fourth-order valence-electron chi connectivity index (χ4n) is 2.25. The molecule has 5 nitrogen and oxygen atoms in total. The topological polar surface area (TPSA) is 66.9 Å². The van der Waals surface area contributed by atoms with Crippen LogP contribution in [0, 0.1) is 6.92 Å². The largest absolute Gasteiger partial charge is 0.347 e. The first-order chi connectivity index (χ1) is 11.0. The highest BCUT2D eigenvalue weighted by Gasteiger charge is 2.12. The van der Waals surface area contributed by atoms with Crippen LogP contribution in [-0.2, 0) is 0 Å². The number of carbonyl (C=O) groups excluding carboxylic acids is 1. The van der Waals surface area contributed by atoms with Crippen molar-refractivity contribution in [3.8, 4) is 0 Å². The molecule has 1 heterocycles. The van der Waals surface area contributed by atoms with E-state index >= 15 is 0 Å². The first-order valence-electron chi connectivity index (χ1n) is 7.61. The minimum Gasteiger partial charge on any atom is -0.347 e. The highest BCUT2D eigenvalue weighted by atomic mass is 16.1. The molecule has 0 fully saturated rings. The molecule has 23 heavy (non-hydrogen) atoms. The molecule has 0 aliphatic rings. The van der Waals surface area contributed by atoms with Crippen LogP contribution in [-0.4, -0.2) is 22.4 Å². The average Bonchev–Trinajstić information content (AvgIpc) is 2.54. The molecule has 1 aromatic heterocycles.